The zero-order valence-corrected chi connectivity index (χ0v) is 13.3. The van der Waals surface area contributed by atoms with Crippen molar-refractivity contribution in [3.05, 3.63) is 52.6 Å². The normalized spacial score (nSPS) is 10.4. The molecule has 0 bridgehead atoms. The summed E-state index contributed by atoms with van der Waals surface area (Å²) in [5.74, 6) is -1.50. The van der Waals surface area contributed by atoms with Crippen LogP contribution in [0.25, 0.3) is 0 Å². The van der Waals surface area contributed by atoms with E-state index in [2.05, 4.69) is 10.3 Å². The topological polar surface area (TPSA) is 71.2 Å². The van der Waals surface area contributed by atoms with Gasteiger partial charge in [-0.25, -0.2) is 9.18 Å². The van der Waals surface area contributed by atoms with Gasteiger partial charge in [0, 0.05) is 5.69 Å². The molecule has 1 aromatic heterocycles. The van der Waals surface area contributed by atoms with E-state index in [0.717, 1.165) is 6.42 Å². The van der Waals surface area contributed by atoms with Crippen molar-refractivity contribution in [1.29, 1.82) is 0 Å². The maximum absolute atomic E-state index is 13.7. The third-order valence-corrected chi connectivity index (χ3v) is 3.53. The molecule has 0 unspecified atom stereocenters. The Bertz CT molecular complexity index is 737. The number of methoxy groups -OCH3 is 1. The van der Waals surface area contributed by atoms with Crippen LogP contribution in [0.3, 0.4) is 0 Å². The van der Waals surface area contributed by atoms with Crippen LogP contribution in [0.1, 0.15) is 45.4 Å². The first-order valence-corrected chi connectivity index (χ1v) is 7.35. The molecule has 0 aliphatic rings. The van der Waals surface area contributed by atoms with Crippen LogP contribution in [-0.2, 0) is 11.2 Å². The molecule has 0 atom stereocenters. The number of anilines is 1. The Balaban J connectivity index is 2.40. The van der Waals surface area contributed by atoms with E-state index >= 15 is 0 Å². The molecular formula is C17H19FN2O3. The molecule has 0 saturated carbocycles. The third-order valence-electron chi connectivity index (χ3n) is 3.53. The smallest absolute Gasteiger partial charge is 0.339 e. The summed E-state index contributed by atoms with van der Waals surface area (Å²) in [5, 5.41) is 2.53. The highest BCUT2D eigenvalue weighted by Gasteiger charge is 2.25. The summed E-state index contributed by atoms with van der Waals surface area (Å²) in [5.41, 5.74) is 1.86. The summed E-state index contributed by atoms with van der Waals surface area (Å²) in [4.78, 5) is 27.3. The van der Waals surface area contributed by atoms with E-state index in [-0.39, 0.29) is 11.4 Å². The van der Waals surface area contributed by atoms with Crippen LogP contribution >= 0.6 is 0 Å². The lowest BCUT2D eigenvalue weighted by Gasteiger charge is -2.08. The summed E-state index contributed by atoms with van der Waals surface area (Å²) in [6.45, 7) is 3.65. The number of hydrogen-bond donors (Lipinski definition) is 2. The Morgan fingerprint density at radius 2 is 2.00 bits per heavy atom. The summed E-state index contributed by atoms with van der Waals surface area (Å²) >= 11 is 0. The van der Waals surface area contributed by atoms with Gasteiger partial charge >= 0.3 is 5.97 Å². The molecule has 0 saturated heterocycles. The lowest BCUT2D eigenvalue weighted by molar-refractivity contribution is 0.0599. The number of ether oxygens (including phenoxy) is 1. The highest BCUT2D eigenvalue weighted by atomic mass is 19.1. The fraction of sp³-hybridized carbons (Fsp3) is 0.294. The lowest BCUT2D eigenvalue weighted by Crippen LogP contribution is -2.16. The Morgan fingerprint density at radius 1 is 1.30 bits per heavy atom. The van der Waals surface area contributed by atoms with Crippen LogP contribution in [0.4, 0.5) is 10.1 Å². The van der Waals surface area contributed by atoms with Crippen LogP contribution in [0.15, 0.2) is 24.3 Å². The maximum atomic E-state index is 13.7. The Morgan fingerprint density at radius 3 is 2.61 bits per heavy atom. The molecule has 1 heterocycles. The average molecular weight is 318 g/mol. The second kappa shape index (κ2) is 7.09. The molecule has 6 heteroatoms. The summed E-state index contributed by atoms with van der Waals surface area (Å²) < 4.78 is 18.5. The van der Waals surface area contributed by atoms with Crippen molar-refractivity contribution in [1.82, 2.24) is 4.98 Å². The van der Waals surface area contributed by atoms with Crippen LogP contribution < -0.4 is 5.32 Å². The van der Waals surface area contributed by atoms with Crippen molar-refractivity contribution in [2.75, 3.05) is 12.4 Å². The predicted octanol–water partition coefficient (Wildman–Crippen LogP) is 3.45. The monoisotopic (exact) mass is 318 g/mol. The standard InChI is InChI=1S/C17H19FN2O3/c1-4-7-11-14(17(22)23-3)10(2)19-15(11)16(21)20-13-9-6-5-8-12(13)18/h5-6,8-9,19H,4,7H2,1-3H3,(H,20,21). The van der Waals surface area contributed by atoms with Gasteiger partial charge in [0.1, 0.15) is 11.5 Å². The van der Waals surface area contributed by atoms with Gasteiger partial charge in [0.15, 0.2) is 0 Å². The predicted molar refractivity (Wildman–Crippen MR) is 85.2 cm³/mol. The molecule has 5 nitrogen and oxygen atoms in total. The van der Waals surface area contributed by atoms with Crippen LogP contribution in [-0.4, -0.2) is 24.0 Å². The van der Waals surface area contributed by atoms with Crippen molar-refractivity contribution < 1.29 is 18.7 Å². The minimum atomic E-state index is -0.519. The number of nitrogens with one attached hydrogen (secondary N) is 2. The van der Waals surface area contributed by atoms with Crippen molar-refractivity contribution >= 4 is 17.6 Å². The van der Waals surface area contributed by atoms with Crippen LogP contribution in [0, 0.1) is 12.7 Å². The first-order valence-electron chi connectivity index (χ1n) is 7.35. The van der Waals surface area contributed by atoms with Gasteiger partial charge in [-0.3, -0.25) is 4.79 Å². The molecule has 122 valence electrons. The molecule has 0 aliphatic heterocycles. The van der Waals surface area contributed by atoms with E-state index in [4.69, 9.17) is 4.74 Å². The summed E-state index contributed by atoms with van der Waals surface area (Å²) in [6, 6.07) is 5.92. The van der Waals surface area contributed by atoms with Gasteiger partial charge in [0.2, 0.25) is 0 Å². The number of carbonyl (C=O) groups excluding carboxylic acids is 2. The quantitative estimate of drug-likeness (QED) is 0.829. The molecule has 1 amide bonds. The molecule has 0 aliphatic carbocycles. The number of H-pyrrole nitrogens is 1. The van der Waals surface area contributed by atoms with Crippen molar-refractivity contribution in [3.8, 4) is 0 Å². The summed E-state index contributed by atoms with van der Waals surface area (Å²) in [7, 11) is 1.30. The molecule has 0 fully saturated rings. The number of para-hydroxylation sites is 1. The largest absolute Gasteiger partial charge is 0.465 e. The molecule has 2 aromatic rings. The van der Waals surface area contributed by atoms with Gasteiger partial charge in [-0.2, -0.15) is 0 Å². The molecule has 2 N–H and O–H groups in total. The van der Waals surface area contributed by atoms with Crippen LogP contribution in [0.5, 0.6) is 0 Å². The number of benzene rings is 1. The van der Waals surface area contributed by atoms with Crippen molar-refractivity contribution in [2.24, 2.45) is 0 Å². The number of rotatable bonds is 5. The minimum absolute atomic E-state index is 0.0896. The Hall–Kier alpha value is -2.63. The van der Waals surface area contributed by atoms with E-state index in [9.17, 15) is 14.0 Å². The highest BCUT2D eigenvalue weighted by molar-refractivity contribution is 6.07. The molecule has 1 aromatic carbocycles. The van der Waals surface area contributed by atoms with Gasteiger partial charge < -0.3 is 15.0 Å². The molecule has 0 spiro atoms. The van der Waals surface area contributed by atoms with Crippen molar-refractivity contribution in [2.45, 2.75) is 26.7 Å². The maximum Gasteiger partial charge on any atom is 0.339 e. The fourth-order valence-corrected chi connectivity index (χ4v) is 2.50. The van der Waals surface area contributed by atoms with Gasteiger partial charge in [-0.05, 0) is 31.0 Å². The first-order chi connectivity index (χ1) is 11.0. The molecule has 2 rings (SSSR count). The average Bonchev–Trinajstić information content (AvgIpc) is 2.86. The molecular weight excluding hydrogens is 299 g/mol. The van der Waals surface area contributed by atoms with E-state index in [1.165, 1.54) is 19.2 Å². The number of hydrogen-bond acceptors (Lipinski definition) is 3. The summed E-state index contributed by atoms with van der Waals surface area (Å²) in [6.07, 6.45) is 1.29. The number of aryl methyl sites for hydroxylation is 1. The number of aromatic nitrogens is 1. The Labute approximate surface area is 133 Å². The molecule has 0 radical (unpaired) electrons. The van der Waals surface area contributed by atoms with E-state index in [1.54, 1.807) is 19.1 Å². The van der Waals surface area contributed by atoms with Gasteiger partial charge in [-0.1, -0.05) is 25.5 Å². The van der Waals surface area contributed by atoms with E-state index in [0.29, 0.717) is 23.2 Å². The van der Waals surface area contributed by atoms with Crippen molar-refractivity contribution in [3.63, 3.8) is 0 Å². The lowest BCUT2D eigenvalue weighted by atomic mass is 10.0. The SMILES string of the molecule is CCCc1c(C(=O)Nc2ccccc2F)[nH]c(C)c1C(=O)OC. The zero-order chi connectivity index (χ0) is 17.0. The third kappa shape index (κ3) is 3.41. The Kier molecular flexibility index (Phi) is 5.16. The number of aromatic amines is 1. The van der Waals surface area contributed by atoms with Crippen LogP contribution in [0.2, 0.25) is 0 Å². The van der Waals surface area contributed by atoms with E-state index in [1.807, 2.05) is 6.92 Å². The van der Waals surface area contributed by atoms with Gasteiger partial charge in [-0.15, -0.1) is 0 Å². The number of amides is 1. The van der Waals surface area contributed by atoms with Gasteiger partial charge in [0.05, 0.1) is 18.4 Å². The number of esters is 1. The second-order valence-corrected chi connectivity index (χ2v) is 5.15. The number of carbonyl (C=O) groups is 2. The molecule has 23 heavy (non-hydrogen) atoms. The first kappa shape index (κ1) is 16.7. The minimum Gasteiger partial charge on any atom is -0.465 e. The highest BCUT2D eigenvalue weighted by Crippen LogP contribution is 2.23. The second-order valence-electron chi connectivity index (χ2n) is 5.15. The zero-order valence-electron chi connectivity index (χ0n) is 13.3. The van der Waals surface area contributed by atoms with Gasteiger partial charge in [0.25, 0.3) is 5.91 Å². The fourth-order valence-electron chi connectivity index (χ4n) is 2.50. The number of halogens is 1. The van der Waals surface area contributed by atoms with E-state index < -0.39 is 17.7 Å².